The number of aliphatic hydroxyl groups is 1. The minimum Gasteiger partial charge on any atom is -0.493 e. The molecule has 108 valence electrons. The van der Waals surface area contributed by atoms with Gasteiger partial charge in [0.25, 0.3) is 0 Å². The Kier molecular flexibility index (Phi) is 4.63. The molecule has 5 heteroatoms. The number of hydrogen-bond acceptors (Lipinski definition) is 4. The molecule has 0 saturated heterocycles. The predicted molar refractivity (Wildman–Crippen MR) is 76.2 cm³/mol. The summed E-state index contributed by atoms with van der Waals surface area (Å²) in [6.45, 7) is 4.50. The van der Waals surface area contributed by atoms with Crippen LogP contribution >= 0.6 is 0 Å². The fourth-order valence-electron chi connectivity index (χ4n) is 2.04. The predicted octanol–water partition coefficient (Wildman–Crippen LogP) is 1.95. The smallest absolute Gasteiger partial charge is 0.161 e. The molecule has 20 heavy (non-hydrogen) atoms. The first kappa shape index (κ1) is 14.4. The summed E-state index contributed by atoms with van der Waals surface area (Å²) in [6.07, 6.45) is -0.627. The molecule has 0 aliphatic carbocycles. The molecule has 0 spiro atoms. The molecule has 0 aliphatic rings. The summed E-state index contributed by atoms with van der Waals surface area (Å²) >= 11 is 0. The molecule has 1 atom stereocenters. The van der Waals surface area contributed by atoms with Gasteiger partial charge in [0.1, 0.15) is 12.7 Å². The number of para-hydroxylation sites is 2. The van der Waals surface area contributed by atoms with Gasteiger partial charge in [0.05, 0.1) is 19.3 Å². The van der Waals surface area contributed by atoms with Gasteiger partial charge in [0, 0.05) is 5.69 Å². The third-order valence-corrected chi connectivity index (χ3v) is 2.99. The Morgan fingerprint density at radius 1 is 1.25 bits per heavy atom. The molecule has 0 aliphatic heterocycles. The molecular formula is C15H20N2O3. The van der Waals surface area contributed by atoms with Crippen molar-refractivity contribution < 1.29 is 14.6 Å². The van der Waals surface area contributed by atoms with Gasteiger partial charge in [0.2, 0.25) is 0 Å². The summed E-state index contributed by atoms with van der Waals surface area (Å²) in [7, 11) is 1.59. The summed E-state index contributed by atoms with van der Waals surface area (Å²) in [5.74, 6) is 1.29. The molecular weight excluding hydrogens is 256 g/mol. The van der Waals surface area contributed by atoms with Crippen molar-refractivity contribution in [3.8, 4) is 11.5 Å². The molecule has 2 rings (SSSR count). The van der Waals surface area contributed by atoms with E-state index in [9.17, 15) is 5.11 Å². The second-order valence-electron chi connectivity index (χ2n) is 4.72. The number of aliphatic hydroxyl groups excluding tert-OH is 1. The third kappa shape index (κ3) is 3.51. The van der Waals surface area contributed by atoms with E-state index in [0.717, 1.165) is 11.4 Å². The number of ether oxygens (including phenoxy) is 2. The summed E-state index contributed by atoms with van der Waals surface area (Å²) in [4.78, 5) is 0. The number of benzene rings is 1. The lowest BCUT2D eigenvalue weighted by molar-refractivity contribution is 0.0873. The maximum atomic E-state index is 10.0. The maximum absolute atomic E-state index is 10.0. The van der Waals surface area contributed by atoms with Crippen LogP contribution in [0.5, 0.6) is 11.5 Å². The Morgan fingerprint density at radius 2 is 1.95 bits per heavy atom. The number of nitrogens with zero attached hydrogens (tertiary/aromatic N) is 2. The van der Waals surface area contributed by atoms with Crippen molar-refractivity contribution in [3.05, 3.63) is 41.7 Å². The lowest BCUT2D eigenvalue weighted by Gasteiger charge is -2.15. The first-order chi connectivity index (χ1) is 9.60. The Morgan fingerprint density at radius 3 is 2.55 bits per heavy atom. The van der Waals surface area contributed by atoms with E-state index in [0.29, 0.717) is 18.0 Å². The third-order valence-electron chi connectivity index (χ3n) is 2.99. The molecule has 1 N–H and O–H groups in total. The molecule has 0 bridgehead atoms. The fraction of sp³-hybridized carbons (Fsp3) is 0.400. The topological polar surface area (TPSA) is 56.5 Å². The number of hydrogen-bond donors (Lipinski definition) is 1. The minimum atomic E-state index is -0.627. The van der Waals surface area contributed by atoms with Gasteiger partial charge in [-0.05, 0) is 32.0 Å². The van der Waals surface area contributed by atoms with Crippen LogP contribution in [0.15, 0.2) is 30.3 Å². The summed E-state index contributed by atoms with van der Waals surface area (Å²) < 4.78 is 12.6. The molecule has 1 aromatic heterocycles. The highest BCUT2D eigenvalue weighted by Gasteiger charge is 2.11. The lowest BCUT2D eigenvalue weighted by atomic mass is 10.3. The largest absolute Gasteiger partial charge is 0.493 e. The first-order valence-electron chi connectivity index (χ1n) is 6.55. The minimum absolute atomic E-state index is 0.193. The molecule has 1 heterocycles. The van der Waals surface area contributed by atoms with E-state index in [2.05, 4.69) is 5.10 Å². The Hall–Kier alpha value is -2.01. The maximum Gasteiger partial charge on any atom is 0.161 e. The second kappa shape index (κ2) is 6.43. The van der Waals surface area contributed by atoms with E-state index in [-0.39, 0.29) is 6.61 Å². The van der Waals surface area contributed by atoms with Gasteiger partial charge in [-0.1, -0.05) is 12.1 Å². The molecule has 0 unspecified atom stereocenters. The van der Waals surface area contributed by atoms with Gasteiger partial charge in [-0.2, -0.15) is 5.10 Å². The van der Waals surface area contributed by atoms with Crippen LogP contribution in [0.4, 0.5) is 0 Å². The fourth-order valence-corrected chi connectivity index (χ4v) is 2.04. The van der Waals surface area contributed by atoms with E-state index in [1.54, 1.807) is 11.8 Å². The van der Waals surface area contributed by atoms with Crippen molar-refractivity contribution in [1.82, 2.24) is 9.78 Å². The molecule has 0 fully saturated rings. The van der Waals surface area contributed by atoms with Crippen LogP contribution in [0.3, 0.4) is 0 Å². The quantitative estimate of drug-likeness (QED) is 0.876. The molecule has 5 nitrogen and oxygen atoms in total. The summed E-state index contributed by atoms with van der Waals surface area (Å²) in [5, 5.41) is 14.3. The zero-order valence-electron chi connectivity index (χ0n) is 12.0. The van der Waals surface area contributed by atoms with Crippen molar-refractivity contribution in [1.29, 1.82) is 0 Å². The Bertz CT molecular complexity index is 566. The number of aryl methyl sites for hydroxylation is 2. The zero-order chi connectivity index (χ0) is 14.5. The Labute approximate surface area is 118 Å². The lowest BCUT2D eigenvalue weighted by Crippen LogP contribution is -2.24. The highest BCUT2D eigenvalue weighted by Crippen LogP contribution is 2.25. The van der Waals surface area contributed by atoms with Crippen LogP contribution in [0.25, 0.3) is 0 Å². The van der Waals surface area contributed by atoms with Crippen LogP contribution < -0.4 is 9.47 Å². The number of rotatable bonds is 6. The molecule has 2 aromatic rings. The average Bonchev–Trinajstić information content (AvgIpc) is 2.75. The van der Waals surface area contributed by atoms with Crippen molar-refractivity contribution in [2.24, 2.45) is 0 Å². The van der Waals surface area contributed by atoms with E-state index in [4.69, 9.17) is 9.47 Å². The van der Waals surface area contributed by atoms with Crippen LogP contribution in [-0.2, 0) is 6.54 Å². The average molecular weight is 276 g/mol. The highest BCUT2D eigenvalue weighted by atomic mass is 16.5. The highest BCUT2D eigenvalue weighted by molar-refractivity contribution is 5.39. The van der Waals surface area contributed by atoms with E-state index < -0.39 is 6.10 Å². The SMILES string of the molecule is COc1ccccc1OC[C@H](O)Cn1nc(C)cc1C. The summed E-state index contributed by atoms with van der Waals surface area (Å²) in [6, 6.07) is 9.36. The standard InChI is InChI=1S/C15H20N2O3/c1-11-8-12(2)17(16-11)9-13(18)10-20-15-7-5-4-6-14(15)19-3/h4-8,13,18H,9-10H2,1-3H3/t13-/m1/s1. The first-order valence-corrected chi connectivity index (χ1v) is 6.55. The summed E-state index contributed by atoms with van der Waals surface area (Å²) in [5.41, 5.74) is 1.97. The van der Waals surface area contributed by atoms with Crippen LogP contribution in [0.1, 0.15) is 11.4 Å². The van der Waals surface area contributed by atoms with E-state index in [1.807, 2.05) is 44.2 Å². The van der Waals surface area contributed by atoms with Crippen LogP contribution in [0, 0.1) is 13.8 Å². The normalized spacial score (nSPS) is 12.2. The van der Waals surface area contributed by atoms with Crippen LogP contribution in [-0.4, -0.2) is 34.7 Å². The van der Waals surface area contributed by atoms with Gasteiger partial charge in [-0.3, -0.25) is 4.68 Å². The molecule has 0 amide bonds. The molecule has 1 aromatic carbocycles. The van der Waals surface area contributed by atoms with Crippen molar-refractivity contribution in [2.45, 2.75) is 26.5 Å². The van der Waals surface area contributed by atoms with Gasteiger partial charge in [0.15, 0.2) is 11.5 Å². The van der Waals surface area contributed by atoms with Crippen molar-refractivity contribution >= 4 is 0 Å². The molecule has 0 radical (unpaired) electrons. The van der Waals surface area contributed by atoms with Gasteiger partial charge >= 0.3 is 0 Å². The van der Waals surface area contributed by atoms with Crippen LogP contribution in [0.2, 0.25) is 0 Å². The monoisotopic (exact) mass is 276 g/mol. The second-order valence-corrected chi connectivity index (χ2v) is 4.72. The van der Waals surface area contributed by atoms with Gasteiger partial charge in [-0.25, -0.2) is 0 Å². The van der Waals surface area contributed by atoms with Gasteiger partial charge in [-0.15, -0.1) is 0 Å². The Balaban J connectivity index is 1.92. The van der Waals surface area contributed by atoms with Crippen molar-refractivity contribution in [3.63, 3.8) is 0 Å². The number of methoxy groups -OCH3 is 1. The van der Waals surface area contributed by atoms with E-state index >= 15 is 0 Å². The van der Waals surface area contributed by atoms with Gasteiger partial charge < -0.3 is 14.6 Å². The zero-order valence-corrected chi connectivity index (χ0v) is 12.0. The molecule has 0 saturated carbocycles. The van der Waals surface area contributed by atoms with E-state index in [1.165, 1.54) is 0 Å². The number of aromatic nitrogens is 2. The van der Waals surface area contributed by atoms with Crippen molar-refractivity contribution in [2.75, 3.05) is 13.7 Å².